The third kappa shape index (κ3) is 6.31. The summed E-state index contributed by atoms with van der Waals surface area (Å²) >= 11 is 0. The molecule has 2 rings (SSSR count). The minimum absolute atomic E-state index is 0.102. The van der Waals surface area contributed by atoms with Crippen molar-refractivity contribution in [2.45, 2.75) is 32.5 Å². The summed E-state index contributed by atoms with van der Waals surface area (Å²) in [7, 11) is 0. The van der Waals surface area contributed by atoms with Gasteiger partial charge in [0.25, 0.3) is 0 Å². The first-order valence-electron chi connectivity index (χ1n) is 8.24. The minimum atomic E-state index is -4.32. The van der Waals surface area contributed by atoms with Gasteiger partial charge < -0.3 is 15.8 Å². The van der Waals surface area contributed by atoms with Crippen molar-refractivity contribution in [2.24, 2.45) is 10.7 Å². The van der Waals surface area contributed by atoms with Crippen molar-refractivity contribution in [3.8, 4) is 5.75 Å². The topological polar surface area (TPSA) is 59.6 Å². The maximum atomic E-state index is 12.5. The van der Waals surface area contributed by atoms with E-state index >= 15 is 0 Å². The SMILES string of the molecule is CC(C)Oc1ccc(NC(N)=NCCc2ccc(C(F)(F)F)cc2)cc1. The van der Waals surface area contributed by atoms with E-state index in [2.05, 4.69) is 10.3 Å². The van der Waals surface area contributed by atoms with Gasteiger partial charge in [-0.25, -0.2) is 0 Å². The van der Waals surface area contributed by atoms with Crippen LogP contribution in [0.3, 0.4) is 0 Å². The zero-order valence-corrected chi connectivity index (χ0v) is 14.7. The van der Waals surface area contributed by atoms with E-state index < -0.39 is 11.7 Å². The van der Waals surface area contributed by atoms with Crippen molar-refractivity contribution in [1.29, 1.82) is 0 Å². The highest BCUT2D eigenvalue weighted by atomic mass is 19.4. The quantitative estimate of drug-likeness (QED) is 0.587. The number of guanidine groups is 1. The normalized spacial score (nSPS) is 12.3. The van der Waals surface area contributed by atoms with Crippen molar-refractivity contribution in [3.05, 3.63) is 59.7 Å². The second kappa shape index (κ2) is 8.60. The van der Waals surface area contributed by atoms with Crippen LogP contribution in [0.2, 0.25) is 0 Å². The fourth-order valence-corrected chi connectivity index (χ4v) is 2.24. The van der Waals surface area contributed by atoms with Gasteiger partial charge in [0.15, 0.2) is 5.96 Å². The molecule has 26 heavy (non-hydrogen) atoms. The number of nitrogens with zero attached hydrogens (tertiary/aromatic N) is 1. The molecule has 0 heterocycles. The number of rotatable bonds is 6. The summed E-state index contributed by atoms with van der Waals surface area (Å²) in [4.78, 5) is 4.19. The first-order valence-corrected chi connectivity index (χ1v) is 8.24. The molecule has 0 aliphatic carbocycles. The van der Waals surface area contributed by atoms with Gasteiger partial charge in [-0.15, -0.1) is 0 Å². The van der Waals surface area contributed by atoms with Crippen LogP contribution in [-0.2, 0) is 12.6 Å². The highest BCUT2D eigenvalue weighted by Gasteiger charge is 2.29. The zero-order valence-electron chi connectivity index (χ0n) is 14.7. The van der Waals surface area contributed by atoms with Crippen molar-refractivity contribution < 1.29 is 17.9 Å². The molecule has 0 unspecified atom stereocenters. The third-order valence-corrected chi connectivity index (χ3v) is 3.46. The van der Waals surface area contributed by atoms with E-state index in [9.17, 15) is 13.2 Å². The van der Waals surface area contributed by atoms with Gasteiger partial charge in [-0.3, -0.25) is 4.99 Å². The van der Waals surface area contributed by atoms with Crippen LogP contribution >= 0.6 is 0 Å². The Bertz CT molecular complexity index is 723. The first-order chi connectivity index (χ1) is 12.2. The predicted molar refractivity (Wildman–Crippen MR) is 97.5 cm³/mol. The summed E-state index contributed by atoms with van der Waals surface area (Å²) in [5.41, 5.74) is 6.72. The van der Waals surface area contributed by atoms with Gasteiger partial charge in [0.1, 0.15) is 5.75 Å². The Kier molecular flexibility index (Phi) is 6.49. The number of hydrogen-bond acceptors (Lipinski definition) is 2. The number of alkyl halides is 3. The fourth-order valence-electron chi connectivity index (χ4n) is 2.24. The molecule has 3 N–H and O–H groups in total. The second-order valence-electron chi connectivity index (χ2n) is 6.03. The number of aliphatic imine (C=N–C) groups is 1. The van der Waals surface area contributed by atoms with E-state index in [1.54, 1.807) is 0 Å². The Balaban J connectivity index is 1.84. The summed E-state index contributed by atoms with van der Waals surface area (Å²) < 4.78 is 43.1. The molecule has 2 aromatic carbocycles. The van der Waals surface area contributed by atoms with Gasteiger partial charge in [0, 0.05) is 12.2 Å². The molecule has 140 valence electrons. The van der Waals surface area contributed by atoms with Crippen molar-refractivity contribution in [2.75, 3.05) is 11.9 Å². The maximum Gasteiger partial charge on any atom is 0.416 e. The van der Waals surface area contributed by atoms with Crippen molar-refractivity contribution in [3.63, 3.8) is 0 Å². The summed E-state index contributed by atoms with van der Waals surface area (Å²) in [5, 5.41) is 2.96. The summed E-state index contributed by atoms with van der Waals surface area (Å²) in [6, 6.07) is 12.4. The molecular formula is C19H22F3N3O. The number of benzene rings is 2. The number of anilines is 1. The van der Waals surface area contributed by atoms with Crippen molar-refractivity contribution >= 4 is 11.6 Å². The minimum Gasteiger partial charge on any atom is -0.491 e. The van der Waals surface area contributed by atoms with Crippen LogP contribution in [0.15, 0.2) is 53.5 Å². The molecule has 2 aromatic rings. The highest BCUT2D eigenvalue weighted by Crippen LogP contribution is 2.29. The Hall–Kier alpha value is -2.70. The van der Waals surface area contributed by atoms with Gasteiger partial charge >= 0.3 is 6.18 Å². The highest BCUT2D eigenvalue weighted by molar-refractivity contribution is 5.92. The van der Waals surface area contributed by atoms with Crippen LogP contribution in [0.1, 0.15) is 25.0 Å². The van der Waals surface area contributed by atoms with Gasteiger partial charge in [-0.1, -0.05) is 12.1 Å². The van der Waals surface area contributed by atoms with Crippen LogP contribution < -0.4 is 15.8 Å². The number of nitrogens with one attached hydrogen (secondary N) is 1. The molecule has 7 heteroatoms. The molecule has 0 bridgehead atoms. The summed E-state index contributed by atoms with van der Waals surface area (Å²) in [6.45, 7) is 4.28. The van der Waals surface area contributed by atoms with E-state index in [0.29, 0.717) is 13.0 Å². The Morgan fingerprint density at radius 1 is 1.08 bits per heavy atom. The van der Waals surface area contributed by atoms with E-state index in [4.69, 9.17) is 10.5 Å². The first kappa shape index (κ1) is 19.6. The average molecular weight is 365 g/mol. The summed E-state index contributed by atoms with van der Waals surface area (Å²) in [5.74, 6) is 1.01. The molecule has 4 nitrogen and oxygen atoms in total. The number of ether oxygens (including phenoxy) is 1. The molecule has 0 aliphatic heterocycles. The van der Waals surface area contributed by atoms with E-state index in [1.807, 2.05) is 38.1 Å². The van der Waals surface area contributed by atoms with Gasteiger partial charge in [0.2, 0.25) is 0 Å². The Morgan fingerprint density at radius 2 is 1.69 bits per heavy atom. The lowest BCUT2D eigenvalue weighted by Crippen LogP contribution is -2.23. The molecule has 0 atom stereocenters. The molecule has 0 radical (unpaired) electrons. The smallest absolute Gasteiger partial charge is 0.416 e. The fraction of sp³-hybridized carbons (Fsp3) is 0.316. The average Bonchev–Trinajstić information content (AvgIpc) is 2.56. The molecule has 0 spiro atoms. The summed E-state index contributed by atoms with van der Waals surface area (Å²) in [6.07, 6.45) is -3.71. The lowest BCUT2D eigenvalue weighted by Gasteiger charge is -2.11. The maximum absolute atomic E-state index is 12.5. The second-order valence-corrected chi connectivity index (χ2v) is 6.03. The van der Waals surface area contributed by atoms with Gasteiger partial charge in [0.05, 0.1) is 11.7 Å². The van der Waals surface area contributed by atoms with Crippen molar-refractivity contribution in [1.82, 2.24) is 0 Å². The lowest BCUT2D eigenvalue weighted by atomic mass is 10.1. The van der Waals surface area contributed by atoms with E-state index in [0.717, 1.165) is 29.1 Å². The molecule has 0 amide bonds. The molecule has 0 saturated heterocycles. The van der Waals surface area contributed by atoms with Crippen LogP contribution in [0.5, 0.6) is 5.75 Å². The molecule has 0 fully saturated rings. The Morgan fingerprint density at radius 3 is 2.23 bits per heavy atom. The van der Waals surface area contributed by atoms with Crippen LogP contribution in [0, 0.1) is 0 Å². The zero-order chi connectivity index (χ0) is 19.2. The van der Waals surface area contributed by atoms with E-state index in [-0.39, 0.29) is 12.1 Å². The van der Waals surface area contributed by atoms with Crippen LogP contribution in [0.4, 0.5) is 18.9 Å². The standard InChI is InChI=1S/C19H22F3N3O/c1-13(2)26-17-9-7-16(8-10-17)25-18(23)24-12-11-14-3-5-15(6-4-14)19(20,21)22/h3-10,13H,11-12H2,1-2H3,(H3,23,24,25). The molecule has 0 saturated carbocycles. The number of halogens is 3. The van der Waals surface area contributed by atoms with E-state index in [1.165, 1.54) is 12.1 Å². The third-order valence-electron chi connectivity index (χ3n) is 3.46. The predicted octanol–water partition coefficient (Wildman–Crippen LogP) is 4.46. The number of hydrogen-bond donors (Lipinski definition) is 2. The van der Waals surface area contributed by atoms with Crippen LogP contribution in [0.25, 0.3) is 0 Å². The van der Waals surface area contributed by atoms with Gasteiger partial charge in [-0.05, 0) is 62.2 Å². The van der Waals surface area contributed by atoms with Gasteiger partial charge in [-0.2, -0.15) is 13.2 Å². The Labute approximate surface area is 150 Å². The lowest BCUT2D eigenvalue weighted by molar-refractivity contribution is -0.137. The molecule has 0 aromatic heterocycles. The monoisotopic (exact) mass is 365 g/mol. The van der Waals surface area contributed by atoms with Crippen LogP contribution in [-0.4, -0.2) is 18.6 Å². The number of nitrogens with two attached hydrogens (primary N) is 1. The largest absolute Gasteiger partial charge is 0.491 e. The molecule has 0 aliphatic rings. The molecular weight excluding hydrogens is 343 g/mol.